The number of rotatable bonds is 5. The predicted octanol–water partition coefficient (Wildman–Crippen LogP) is 2.81. The van der Waals surface area contributed by atoms with Crippen molar-refractivity contribution in [2.24, 2.45) is 0 Å². The Labute approximate surface area is 122 Å². The maximum atomic E-state index is 9.24. The number of hydrogen-bond donors (Lipinski definition) is 1. The zero-order valence-corrected chi connectivity index (χ0v) is 11.5. The van der Waals surface area contributed by atoms with Gasteiger partial charge in [0.1, 0.15) is 11.9 Å². The summed E-state index contributed by atoms with van der Waals surface area (Å²) in [7, 11) is 0. The van der Waals surface area contributed by atoms with E-state index >= 15 is 0 Å². The summed E-state index contributed by atoms with van der Waals surface area (Å²) in [6.07, 6.45) is 4.63. The summed E-state index contributed by atoms with van der Waals surface area (Å²) in [6.45, 7) is 1.59. The van der Waals surface area contributed by atoms with E-state index in [2.05, 4.69) is 21.5 Å². The van der Waals surface area contributed by atoms with Gasteiger partial charge in [0.2, 0.25) is 0 Å². The first-order valence-corrected chi connectivity index (χ1v) is 6.88. The number of fused-ring (bicyclic) bond motifs is 1. The molecule has 1 aromatic carbocycles. The first-order chi connectivity index (χ1) is 10.4. The van der Waals surface area contributed by atoms with Gasteiger partial charge in [0, 0.05) is 30.9 Å². The van der Waals surface area contributed by atoms with Crippen molar-refractivity contribution in [3.8, 4) is 6.07 Å². The lowest BCUT2D eigenvalue weighted by Crippen LogP contribution is -2.09. The first-order valence-electron chi connectivity index (χ1n) is 6.88. The number of anilines is 1. The molecular weight excluding hydrogens is 262 g/mol. The topological polar surface area (TPSA) is 66.5 Å². The van der Waals surface area contributed by atoms with E-state index in [-0.39, 0.29) is 0 Å². The molecule has 21 heavy (non-hydrogen) atoms. The smallest absolute Gasteiger partial charge is 0.144 e. The summed E-state index contributed by atoms with van der Waals surface area (Å²) >= 11 is 0. The first kappa shape index (κ1) is 13.1. The number of hydrogen-bond acceptors (Lipinski definition) is 4. The third-order valence-electron chi connectivity index (χ3n) is 3.26. The zero-order valence-electron chi connectivity index (χ0n) is 11.5. The molecule has 0 aliphatic heterocycles. The third-order valence-corrected chi connectivity index (χ3v) is 3.26. The molecule has 0 amide bonds. The number of para-hydroxylation sites is 1. The Kier molecular flexibility index (Phi) is 3.79. The number of aryl methyl sites for hydroxylation is 1. The summed E-state index contributed by atoms with van der Waals surface area (Å²) in [5.41, 5.74) is 1.47. The molecule has 2 aromatic heterocycles. The maximum Gasteiger partial charge on any atom is 0.144 e. The lowest BCUT2D eigenvalue weighted by Gasteiger charge is -2.09. The Morgan fingerprint density at radius 3 is 2.95 bits per heavy atom. The van der Waals surface area contributed by atoms with Gasteiger partial charge in [-0.15, -0.1) is 0 Å². The molecule has 3 aromatic rings. The van der Waals surface area contributed by atoms with Crippen molar-refractivity contribution < 1.29 is 0 Å². The molecule has 3 rings (SSSR count). The minimum Gasteiger partial charge on any atom is -0.369 e. The number of pyridine rings is 1. The minimum atomic E-state index is 0.577. The summed E-state index contributed by atoms with van der Waals surface area (Å²) in [5.74, 6) is 0.650. The Bertz CT molecular complexity index is 771. The molecule has 0 saturated carbocycles. The highest BCUT2D eigenvalue weighted by molar-refractivity contribution is 5.82. The highest BCUT2D eigenvalue weighted by Crippen LogP contribution is 2.19. The fourth-order valence-electron chi connectivity index (χ4n) is 2.22. The monoisotopic (exact) mass is 277 g/mol. The highest BCUT2D eigenvalue weighted by atomic mass is 15.3. The molecule has 104 valence electrons. The molecule has 0 aliphatic rings. The lowest BCUT2D eigenvalue weighted by atomic mass is 10.1. The Morgan fingerprint density at radius 2 is 2.14 bits per heavy atom. The number of nitrogens with one attached hydrogen (secondary N) is 1. The van der Waals surface area contributed by atoms with Crippen molar-refractivity contribution >= 4 is 16.7 Å². The van der Waals surface area contributed by atoms with E-state index in [1.807, 2.05) is 47.3 Å². The van der Waals surface area contributed by atoms with Crippen molar-refractivity contribution in [1.29, 1.82) is 5.26 Å². The van der Waals surface area contributed by atoms with Crippen LogP contribution in [0.2, 0.25) is 0 Å². The van der Waals surface area contributed by atoms with Crippen molar-refractivity contribution in [2.75, 3.05) is 11.9 Å². The van der Waals surface area contributed by atoms with Crippen LogP contribution >= 0.6 is 0 Å². The molecule has 0 unspecified atom stereocenters. The molecule has 0 bridgehead atoms. The van der Waals surface area contributed by atoms with E-state index in [1.54, 1.807) is 6.20 Å². The van der Waals surface area contributed by atoms with Crippen LogP contribution in [0.25, 0.3) is 10.9 Å². The molecule has 0 fully saturated rings. The normalized spacial score (nSPS) is 10.4. The molecule has 0 atom stereocenters. The van der Waals surface area contributed by atoms with Crippen LogP contribution in [0.1, 0.15) is 12.0 Å². The number of nitriles is 1. The molecule has 5 nitrogen and oxygen atoms in total. The van der Waals surface area contributed by atoms with E-state index in [9.17, 15) is 5.26 Å². The predicted molar refractivity (Wildman–Crippen MR) is 81.8 cm³/mol. The fourth-order valence-corrected chi connectivity index (χ4v) is 2.22. The van der Waals surface area contributed by atoms with E-state index in [0.717, 1.165) is 30.4 Å². The van der Waals surface area contributed by atoms with Gasteiger partial charge < -0.3 is 5.32 Å². The van der Waals surface area contributed by atoms with Crippen molar-refractivity contribution in [3.63, 3.8) is 0 Å². The number of nitrogens with zero attached hydrogens (tertiary/aromatic N) is 4. The summed E-state index contributed by atoms with van der Waals surface area (Å²) in [6, 6.07) is 13.8. The Hall–Kier alpha value is -2.87. The fraction of sp³-hybridized carbons (Fsp3) is 0.188. The van der Waals surface area contributed by atoms with Gasteiger partial charge >= 0.3 is 0 Å². The number of aromatic nitrogens is 3. The summed E-state index contributed by atoms with van der Waals surface area (Å²) in [5, 5.41) is 17.6. The number of benzene rings is 1. The van der Waals surface area contributed by atoms with Gasteiger partial charge in [-0.1, -0.05) is 18.2 Å². The van der Waals surface area contributed by atoms with Gasteiger partial charge in [0.15, 0.2) is 0 Å². The second kappa shape index (κ2) is 6.06. The molecule has 1 N–H and O–H groups in total. The van der Waals surface area contributed by atoms with E-state index in [4.69, 9.17) is 0 Å². The van der Waals surface area contributed by atoms with Crippen molar-refractivity contribution in [3.05, 3.63) is 54.4 Å². The van der Waals surface area contributed by atoms with Crippen LogP contribution < -0.4 is 5.32 Å². The van der Waals surface area contributed by atoms with Crippen LogP contribution in [0.15, 0.2) is 48.8 Å². The average Bonchev–Trinajstić information content (AvgIpc) is 3.04. The minimum absolute atomic E-state index is 0.577. The van der Waals surface area contributed by atoms with Gasteiger partial charge in [0.05, 0.1) is 11.1 Å². The third kappa shape index (κ3) is 3.00. The van der Waals surface area contributed by atoms with Crippen LogP contribution in [0.5, 0.6) is 0 Å². The van der Waals surface area contributed by atoms with Gasteiger partial charge in [0.25, 0.3) is 0 Å². The Morgan fingerprint density at radius 1 is 1.24 bits per heavy atom. The standard InChI is InChI=1S/C16H15N5/c17-12-14-11-13-5-1-2-6-15(13)20-16(14)18-7-3-9-21-10-4-8-19-21/h1-2,4-6,8,10-11H,3,7,9H2,(H,18,20). The van der Waals surface area contributed by atoms with Gasteiger partial charge in [-0.3, -0.25) is 4.68 Å². The molecule has 2 heterocycles. The van der Waals surface area contributed by atoms with E-state index in [1.165, 1.54) is 0 Å². The largest absolute Gasteiger partial charge is 0.369 e. The van der Waals surface area contributed by atoms with E-state index < -0.39 is 0 Å². The molecule has 0 spiro atoms. The van der Waals surface area contributed by atoms with Crippen LogP contribution in [0.3, 0.4) is 0 Å². The summed E-state index contributed by atoms with van der Waals surface area (Å²) < 4.78 is 1.89. The van der Waals surface area contributed by atoms with Gasteiger partial charge in [-0.05, 0) is 24.6 Å². The second-order valence-electron chi connectivity index (χ2n) is 4.74. The van der Waals surface area contributed by atoms with Crippen LogP contribution in [-0.2, 0) is 6.54 Å². The van der Waals surface area contributed by atoms with Crippen LogP contribution in [0.4, 0.5) is 5.82 Å². The van der Waals surface area contributed by atoms with Gasteiger partial charge in [-0.25, -0.2) is 4.98 Å². The summed E-state index contributed by atoms with van der Waals surface area (Å²) in [4.78, 5) is 4.52. The highest BCUT2D eigenvalue weighted by Gasteiger charge is 2.05. The molecule has 0 radical (unpaired) electrons. The second-order valence-corrected chi connectivity index (χ2v) is 4.74. The molecular formula is C16H15N5. The molecule has 5 heteroatoms. The van der Waals surface area contributed by atoms with Crippen molar-refractivity contribution in [1.82, 2.24) is 14.8 Å². The van der Waals surface area contributed by atoms with Crippen molar-refractivity contribution in [2.45, 2.75) is 13.0 Å². The molecule has 0 saturated heterocycles. The van der Waals surface area contributed by atoms with Crippen LogP contribution in [-0.4, -0.2) is 21.3 Å². The van der Waals surface area contributed by atoms with Gasteiger partial charge in [-0.2, -0.15) is 10.4 Å². The quantitative estimate of drug-likeness (QED) is 0.728. The Balaban J connectivity index is 1.69. The molecule has 0 aliphatic carbocycles. The van der Waals surface area contributed by atoms with E-state index in [0.29, 0.717) is 11.4 Å². The SMILES string of the molecule is N#Cc1cc2ccccc2nc1NCCCn1cccn1. The van der Waals surface area contributed by atoms with Crippen LogP contribution in [0, 0.1) is 11.3 Å². The zero-order chi connectivity index (χ0) is 14.5. The maximum absolute atomic E-state index is 9.24. The lowest BCUT2D eigenvalue weighted by molar-refractivity contribution is 0.591. The average molecular weight is 277 g/mol.